The van der Waals surface area contributed by atoms with E-state index in [0.717, 1.165) is 4.73 Å². The van der Waals surface area contributed by atoms with Gasteiger partial charge in [-0.1, -0.05) is 47.5 Å². The van der Waals surface area contributed by atoms with Crippen LogP contribution in [0.15, 0.2) is 42.5 Å². The molecule has 0 saturated carbocycles. The van der Waals surface area contributed by atoms with Crippen molar-refractivity contribution in [2.24, 2.45) is 0 Å². The van der Waals surface area contributed by atoms with Gasteiger partial charge in [0.1, 0.15) is 11.8 Å². The number of benzene rings is 2. The molecule has 20 heavy (non-hydrogen) atoms. The number of aromatic nitrogens is 1. The van der Waals surface area contributed by atoms with Crippen LogP contribution in [0.4, 0.5) is 0 Å². The minimum Gasteiger partial charge on any atom is -0.428 e. The Morgan fingerprint density at radius 1 is 1.05 bits per heavy atom. The molecule has 1 N–H and O–H groups in total. The van der Waals surface area contributed by atoms with Crippen molar-refractivity contribution in [3.8, 4) is 17.3 Å². The van der Waals surface area contributed by atoms with Crippen molar-refractivity contribution >= 4 is 34.1 Å². The Kier molecular flexibility index (Phi) is 3.06. The molecule has 5 heteroatoms. The summed E-state index contributed by atoms with van der Waals surface area (Å²) in [6.45, 7) is 0. The lowest BCUT2D eigenvalue weighted by atomic mass is 10.1. The zero-order chi connectivity index (χ0) is 14.3. The summed E-state index contributed by atoms with van der Waals surface area (Å²) in [7, 11) is 0. The summed E-state index contributed by atoms with van der Waals surface area (Å²) in [6, 6.07) is 14.3. The van der Waals surface area contributed by atoms with E-state index in [0.29, 0.717) is 37.8 Å². The molecule has 0 unspecified atom stereocenters. The van der Waals surface area contributed by atoms with E-state index in [4.69, 9.17) is 23.2 Å². The van der Waals surface area contributed by atoms with E-state index < -0.39 is 0 Å². The molecular weight excluding hydrogens is 295 g/mol. The largest absolute Gasteiger partial charge is 0.428 e. The van der Waals surface area contributed by atoms with Crippen LogP contribution in [-0.4, -0.2) is 9.94 Å². The van der Waals surface area contributed by atoms with Crippen LogP contribution in [-0.2, 0) is 0 Å². The number of nitrogens with zero attached hydrogens (tertiary/aromatic N) is 2. The SMILES string of the molecule is N#Cc1c(-c2ccc(Cl)c(Cl)c2)n(O)c2ccccc12. The molecule has 2 aromatic carbocycles. The fraction of sp³-hybridized carbons (Fsp3) is 0. The molecule has 0 radical (unpaired) electrons. The standard InChI is InChI=1S/C15H8Cl2N2O/c16-12-6-5-9(7-13(12)17)15-11(8-18)10-3-1-2-4-14(10)19(15)20/h1-7,20H. The minimum atomic E-state index is 0.373. The van der Waals surface area contributed by atoms with Gasteiger partial charge < -0.3 is 5.21 Å². The highest BCUT2D eigenvalue weighted by molar-refractivity contribution is 6.42. The summed E-state index contributed by atoms with van der Waals surface area (Å²) in [6.07, 6.45) is 0. The molecule has 1 aromatic heterocycles. The second kappa shape index (κ2) is 4.75. The maximum atomic E-state index is 10.3. The third-order valence-electron chi connectivity index (χ3n) is 3.16. The molecule has 3 rings (SSSR count). The van der Waals surface area contributed by atoms with Crippen LogP contribution in [0.5, 0.6) is 0 Å². The summed E-state index contributed by atoms with van der Waals surface area (Å²) in [4.78, 5) is 0. The van der Waals surface area contributed by atoms with Gasteiger partial charge in [-0.05, 0) is 18.2 Å². The van der Waals surface area contributed by atoms with Crippen LogP contribution in [0.25, 0.3) is 22.2 Å². The van der Waals surface area contributed by atoms with Crippen molar-refractivity contribution in [3.05, 3.63) is 58.1 Å². The summed E-state index contributed by atoms with van der Waals surface area (Å²) in [5.74, 6) is 0. The Bertz CT molecular complexity index is 862. The van der Waals surface area contributed by atoms with E-state index in [9.17, 15) is 10.5 Å². The topological polar surface area (TPSA) is 49.0 Å². The quantitative estimate of drug-likeness (QED) is 0.661. The molecule has 0 amide bonds. The Morgan fingerprint density at radius 3 is 2.50 bits per heavy atom. The Morgan fingerprint density at radius 2 is 1.80 bits per heavy atom. The van der Waals surface area contributed by atoms with Crippen LogP contribution in [0.1, 0.15) is 5.56 Å². The van der Waals surface area contributed by atoms with Gasteiger partial charge in [-0.3, -0.25) is 0 Å². The van der Waals surface area contributed by atoms with Gasteiger partial charge >= 0.3 is 0 Å². The third kappa shape index (κ3) is 1.82. The molecule has 0 aliphatic carbocycles. The molecule has 0 spiro atoms. The van der Waals surface area contributed by atoms with Gasteiger partial charge in [0.25, 0.3) is 0 Å². The van der Waals surface area contributed by atoms with E-state index in [2.05, 4.69) is 6.07 Å². The van der Waals surface area contributed by atoms with Crippen LogP contribution in [0.2, 0.25) is 10.0 Å². The fourth-order valence-electron chi connectivity index (χ4n) is 2.25. The smallest absolute Gasteiger partial charge is 0.106 e. The molecular formula is C15H8Cl2N2O. The average molecular weight is 303 g/mol. The third-order valence-corrected chi connectivity index (χ3v) is 3.89. The van der Waals surface area contributed by atoms with Gasteiger partial charge in [-0.15, -0.1) is 0 Å². The maximum Gasteiger partial charge on any atom is 0.106 e. The molecule has 0 saturated heterocycles. The lowest BCUT2D eigenvalue weighted by Crippen LogP contribution is -1.94. The predicted octanol–water partition coefficient (Wildman–Crippen LogP) is 4.72. The van der Waals surface area contributed by atoms with Gasteiger partial charge in [-0.2, -0.15) is 9.99 Å². The lowest BCUT2D eigenvalue weighted by Gasteiger charge is -2.05. The Balaban J connectivity index is 2.39. The monoisotopic (exact) mass is 302 g/mol. The van der Waals surface area contributed by atoms with E-state index in [1.54, 1.807) is 36.4 Å². The highest BCUT2D eigenvalue weighted by Crippen LogP contribution is 2.35. The zero-order valence-electron chi connectivity index (χ0n) is 10.1. The molecule has 0 atom stereocenters. The second-order valence-corrected chi connectivity index (χ2v) is 5.11. The molecule has 0 aliphatic heterocycles. The highest BCUT2D eigenvalue weighted by Gasteiger charge is 2.18. The van der Waals surface area contributed by atoms with Crippen molar-refractivity contribution in [2.75, 3.05) is 0 Å². The van der Waals surface area contributed by atoms with E-state index in [1.807, 2.05) is 6.07 Å². The van der Waals surface area contributed by atoms with Crippen molar-refractivity contribution in [3.63, 3.8) is 0 Å². The van der Waals surface area contributed by atoms with Gasteiger partial charge in [0.15, 0.2) is 0 Å². The fourth-order valence-corrected chi connectivity index (χ4v) is 2.54. The number of rotatable bonds is 1. The molecule has 0 aliphatic rings. The van der Waals surface area contributed by atoms with Gasteiger partial charge in [-0.25, -0.2) is 0 Å². The number of halogens is 2. The zero-order valence-corrected chi connectivity index (χ0v) is 11.7. The van der Waals surface area contributed by atoms with E-state index in [-0.39, 0.29) is 0 Å². The summed E-state index contributed by atoms with van der Waals surface area (Å²) >= 11 is 11.9. The Hall–Kier alpha value is -2.15. The first-order chi connectivity index (χ1) is 9.63. The van der Waals surface area contributed by atoms with Crippen molar-refractivity contribution < 1.29 is 5.21 Å². The number of nitriles is 1. The number of fused-ring (bicyclic) bond motifs is 1. The average Bonchev–Trinajstić information content (AvgIpc) is 2.75. The molecule has 1 heterocycles. The van der Waals surface area contributed by atoms with Crippen molar-refractivity contribution in [1.29, 1.82) is 5.26 Å². The summed E-state index contributed by atoms with van der Waals surface area (Å²) in [5, 5.41) is 21.2. The first-order valence-electron chi connectivity index (χ1n) is 5.81. The van der Waals surface area contributed by atoms with E-state index >= 15 is 0 Å². The molecule has 3 nitrogen and oxygen atoms in total. The normalized spacial score (nSPS) is 10.7. The summed E-state index contributed by atoms with van der Waals surface area (Å²) < 4.78 is 1.01. The van der Waals surface area contributed by atoms with Crippen LogP contribution in [0, 0.1) is 11.3 Å². The Labute approximate surface area is 125 Å². The second-order valence-electron chi connectivity index (χ2n) is 4.29. The van der Waals surface area contributed by atoms with Crippen molar-refractivity contribution in [1.82, 2.24) is 4.73 Å². The first kappa shape index (κ1) is 12.9. The lowest BCUT2D eigenvalue weighted by molar-refractivity contribution is 0.204. The number of para-hydroxylation sites is 1. The van der Waals surface area contributed by atoms with Crippen LogP contribution in [0.3, 0.4) is 0 Å². The molecule has 3 aromatic rings. The predicted molar refractivity (Wildman–Crippen MR) is 79.3 cm³/mol. The number of hydrogen-bond acceptors (Lipinski definition) is 2. The molecule has 0 bridgehead atoms. The number of hydrogen-bond donors (Lipinski definition) is 1. The van der Waals surface area contributed by atoms with E-state index in [1.165, 1.54) is 0 Å². The molecule has 98 valence electrons. The van der Waals surface area contributed by atoms with Crippen LogP contribution >= 0.6 is 23.2 Å². The van der Waals surface area contributed by atoms with Gasteiger partial charge in [0.05, 0.1) is 21.1 Å². The maximum absolute atomic E-state index is 10.3. The highest BCUT2D eigenvalue weighted by atomic mass is 35.5. The van der Waals surface area contributed by atoms with Gasteiger partial charge in [0, 0.05) is 10.9 Å². The minimum absolute atomic E-state index is 0.373. The van der Waals surface area contributed by atoms with Crippen molar-refractivity contribution in [2.45, 2.75) is 0 Å². The first-order valence-corrected chi connectivity index (χ1v) is 6.57. The summed E-state index contributed by atoms with van der Waals surface area (Å²) in [5.41, 5.74) is 2.02. The van der Waals surface area contributed by atoms with Gasteiger partial charge in [0.2, 0.25) is 0 Å². The molecule has 0 fully saturated rings. The van der Waals surface area contributed by atoms with Crippen LogP contribution < -0.4 is 0 Å².